The Labute approximate surface area is 125 Å². The van der Waals surface area contributed by atoms with E-state index in [2.05, 4.69) is 18.9 Å². The van der Waals surface area contributed by atoms with Gasteiger partial charge in [-0.25, -0.2) is 0 Å². The second kappa shape index (κ2) is 26.2. The number of rotatable bonds is 4. The molecule has 21 heavy (non-hydrogen) atoms. The molecule has 0 spiro atoms. The fourth-order valence-electron chi connectivity index (χ4n) is 0.534. The fraction of sp³-hybridized carbons (Fsp3) is 0.500. The van der Waals surface area contributed by atoms with Gasteiger partial charge in [0.1, 0.15) is 0 Å². The summed E-state index contributed by atoms with van der Waals surface area (Å²) in [5, 5.41) is 28.8. The van der Waals surface area contributed by atoms with Gasteiger partial charge in [-0.05, 0) is 18.4 Å². The van der Waals surface area contributed by atoms with Crippen LogP contribution in [0.25, 0.3) is 0 Å². The standard InChI is InChI=1S/C8H13N.3C2H4O2/c1-2-3-4-5-6-7-8-9;3*1-2(3)4/h5-7,9H,2-4H2,1H3;3*1H3,(H,3,4). The maximum Gasteiger partial charge on any atom is 0.300 e. The van der Waals surface area contributed by atoms with Crippen molar-refractivity contribution in [1.29, 1.82) is 5.41 Å². The second-order valence-corrected chi connectivity index (χ2v) is 3.44. The van der Waals surface area contributed by atoms with E-state index in [-0.39, 0.29) is 0 Å². The van der Waals surface area contributed by atoms with Gasteiger partial charge in [-0.1, -0.05) is 31.9 Å². The minimum atomic E-state index is -0.833. The number of carbonyl (C=O) groups is 3. The van der Waals surface area contributed by atoms with Crippen LogP contribution in [-0.4, -0.2) is 39.1 Å². The van der Waals surface area contributed by atoms with Gasteiger partial charge in [0.15, 0.2) is 0 Å². The molecule has 0 rings (SSSR count). The third-order valence-electron chi connectivity index (χ3n) is 1.04. The molecule has 0 aliphatic carbocycles. The van der Waals surface area contributed by atoms with E-state index in [1.165, 1.54) is 12.8 Å². The van der Waals surface area contributed by atoms with Gasteiger partial charge in [-0.15, -0.1) is 0 Å². The molecule has 0 saturated heterocycles. The van der Waals surface area contributed by atoms with Crippen LogP contribution in [0.4, 0.5) is 0 Å². The smallest absolute Gasteiger partial charge is 0.300 e. The van der Waals surface area contributed by atoms with Crippen LogP contribution in [0.3, 0.4) is 0 Å². The number of carboxylic acid groups (broad SMARTS) is 3. The molecule has 0 bridgehead atoms. The summed E-state index contributed by atoms with van der Waals surface area (Å²) >= 11 is 0. The van der Waals surface area contributed by atoms with E-state index < -0.39 is 17.9 Å². The van der Waals surface area contributed by atoms with Crippen molar-refractivity contribution in [3.8, 4) is 0 Å². The van der Waals surface area contributed by atoms with E-state index in [9.17, 15) is 0 Å². The van der Waals surface area contributed by atoms with Crippen molar-refractivity contribution in [1.82, 2.24) is 0 Å². The lowest BCUT2D eigenvalue weighted by molar-refractivity contribution is -0.135. The summed E-state index contributed by atoms with van der Waals surface area (Å²) in [5.74, 6) is -0.317. The average Bonchev–Trinajstić information content (AvgIpc) is 2.26. The van der Waals surface area contributed by atoms with E-state index in [1.54, 1.807) is 6.08 Å². The molecule has 0 unspecified atom stereocenters. The number of allylic oxidation sites excluding steroid dienone is 3. The lowest BCUT2D eigenvalue weighted by Crippen LogP contribution is -1.78. The molecule has 0 aromatic heterocycles. The SMILES string of the molecule is CC(=O)O.CC(=O)O.CC(=O)O.CCCCC=CC=C=N. The summed E-state index contributed by atoms with van der Waals surface area (Å²) in [6.07, 6.45) is 9.12. The topological polar surface area (TPSA) is 136 Å². The Morgan fingerprint density at radius 3 is 1.57 bits per heavy atom. The normalized spacial score (nSPS) is 7.62. The first-order valence-electron chi connectivity index (χ1n) is 6.10. The maximum absolute atomic E-state index is 9.00. The molecule has 0 aliphatic rings. The minimum absolute atomic E-state index is 0.833. The minimum Gasteiger partial charge on any atom is -0.481 e. The van der Waals surface area contributed by atoms with Gasteiger partial charge in [-0.2, -0.15) is 0 Å². The molecule has 0 amide bonds. The molecule has 7 heteroatoms. The molecule has 0 aliphatic heterocycles. The van der Waals surface area contributed by atoms with E-state index in [4.69, 9.17) is 35.1 Å². The number of aliphatic carboxylic acids is 3. The van der Waals surface area contributed by atoms with Crippen LogP contribution < -0.4 is 0 Å². The summed E-state index contributed by atoms with van der Waals surface area (Å²) < 4.78 is 0. The van der Waals surface area contributed by atoms with Crippen molar-refractivity contribution < 1.29 is 29.7 Å². The predicted octanol–water partition coefficient (Wildman–Crippen LogP) is 2.81. The van der Waals surface area contributed by atoms with E-state index in [1.807, 2.05) is 6.08 Å². The molecule has 7 nitrogen and oxygen atoms in total. The Morgan fingerprint density at radius 1 is 1.00 bits per heavy atom. The van der Waals surface area contributed by atoms with Crippen molar-refractivity contribution >= 4 is 23.8 Å². The largest absolute Gasteiger partial charge is 0.481 e. The van der Waals surface area contributed by atoms with Crippen molar-refractivity contribution in [3.05, 3.63) is 18.2 Å². The van der Waals surface area contributed by atoms with E-state index >= 15 is 0 Å². The molecule has 4 N–H and O–H groups in total. The van der Waals surface area contributed by atoms with Gasteiger partial charge in [0.25, 0.3) is 17.9 Å². The molecule has 122 valence electrons. The van der Waals surface area contributed by atoms with Crippen molar-refractivity contribution in [2.24, 2.45) is 0 Å². The molecule has 0 heterocycles. The maximum atomic E-state index is 9.00. The first-order valence-corrected chi connectivity index (χ1v) is 6.10. The Hall–Kier alpha value is -2.40. The van der Waals surface area contributed by atoms with Gasteiger partial charge in [-0.3, -0.25) is 19.8 Å². The zero-order valence-corrected chi connectivity index (χ0v) is 12.9. The van der Waals surface area contributed by atoms with Gasteiger partial charge < -0.3 is 15.3 Å². The first-order chi connectivity index (χ1) is 9.61. The number of hydrogen-bond acceptors (Lipinski definition) is 4. The molecular weight excluding hydrogens is 278 g/mol. The van der Waals surface area contributed by atoms with Gasteiger partial charge >= 0.3 is 0 Å². The van der Waals surface area contributed by atoms with Gasteiger partial charge in [0.2, 0.25) is 0 Å². The van der Waals surface area contributed by atoms with Crippen LogP contribution >= 0.6 is 0 Å². The number of hydrogen-bond donors (Lipinski definition) is 4. The first kappa shape index (κ1) is 27.0. The average molecular weight is 303 g/mol. The zero-order chi connectivity index (χ0) is 17.7. The highest BCUT2D eigenvalue weighted by Gasteiger charge is 1.74. The van der Waals surface area contributed by atoms with Gasteiger partial charge in [0, 0.05) is 20.8 Å². The van der Waals surface area contributed by atoms with Crippen LogP contribution in [0.5, 0.6) is 0 Å². The molecule has 0 radical (unpaired) electrons. The molecule has 0 saturated carbocycles. The Morgan fingerprint density at radius 2 is 1.33 bits per heavy atom. The summed E-state index contributed by atoms with van der Waals surface area (Å²) in [4.78, 5) is 27.0. The lowest BCUT2D eigenvalue weighted by Gasteiger charge is -1.84. The van der Waals surface area contributed by atoms with E-state index in [0.29, 0.717) is 0 Å². The number of nitrogens with one attached hydrogen (secondary N) is 1. The van der Waals surface area contributed by atoms with Crippen LogP contribution in [0, 0.1) is 5.41 Å². The number of unbranched alkanes of at least 4 members (excludes halogenated alkanes) is 2. The summed E-state index contributed by atoms with van der Waals surface area (Å²) in [6, 6.07) is 0. The highest BCUT2D eigenvalue weighted by molar-refractivity contribution is 5.63. The monoisotopic (exact) mass is 303 g/mol. The summed E-state index contributed by atoms with van der Waals surface area (Å²) in [6.45, 7) is 5.42. The van der Waals surface area contributed by atoms with Crippen LogP contribution in [0.1, 0.15) is 47.0 Å². The van der Waals surface area contributed by atoms with Crippen molar-refractivity contribution in [2.45, 2.75) is 47.0 Å². The molecule has 0 aromatic rings. The van der Waals surface area contributed by atoms with Crippen LogP contribution in [-0.2, 0) is 14.4 Å². The Bertz CT molecular complexity index is 303. The molecule has 0 atom stereocenters. The zero-order valence-electron chi connectivity index (χ0n) is 12.9. The molecule has 0 aromatic carbocycles. The quantitative estimate of drug-likeness (QED) is 0.358. The van der Waals surface area contributed by atoms with Gasteiger partial charge in [0.05, 0.1) is 0 Å². The Balaban J connectivity index is -0.000000102. The van der Waals surface area contributed by atoms with Crippen LogP contribution in [0.2, 0.25) is 0 Å². The third-order valence-corrected chi connectivity index (χ3v) is 1.04. The van der Waals surface area contributed by atoms with Crippen molar-refractivity contribution in [2.75, 3.05) is 0 Å². The second-order valence-electron chi connectivity index (χ2n) is 3.44. The van der Waals surface area contributed by atoms with Crippen molar-refractivity contribution in [3.63, 3.8) is 0 Å². The highest BCUT2D eigenvalue weighted by Crippen LogP contribution is 1.93. The molecule has 0 fully saturated rings. The lowest BCUT2D eigenvalue weighted by atomic mass is 10.2. The summed E-state index contributed by atoms with van der Waals surface area (Å²) in [5.41, 5.74) is 0. The van der Waals surface area contributed by atoms with Crippen LogP contribution in [0.15, 0.2) is 18.2 Å². The summed E-state index contributed by atoms with van der Waals surface area (Å²) in [7, 11) is 0. The fourth-order valence-corrected chi connectivity index (χ4v) is 0.534. The predicted molar refractivity (Wildman–Crippen MR) is 80.9 cm³/mol. The number of carboxylic acids is 3. The Kier molecular flexibility index (Phi) is 33.7. The highest BCUT2D eigenvalue weighted by atomic mass is 16.4. The van der Waals surface area contributed by atoms with E-state index in [0.717, 1.165) is 27.2 Å². The molecular formula is C14H25NO6. The third kappa shape index (κ3) is 330.